The van der Waals surface area contributed by atoms with Gasteiger partial charge in [-0.3, -0.25) is 4.79 Å². The van der Waals surface area contributed by atoms with Crippen LogP contribution in [0.3, 0.4) is 0 Å². The van der Waals surface area contributed by atoms with Gasteiger partial charge in [0.15, 0.2) is 5.60 Å². The lowest BCUT2D eigenvalue weighted by molar-refractivity contribution is -0.338. The van der Waals surface area contributed by atoms with Gasteiger partial charge in [0.2, 0.25) is 0 Å². The monoisotopic (exact) mass is 318 g/mol. The van der Waals surface area contributed by atoms with Crippen LogP contribution in [-0.2, 0) is 9.53 Å². The highest BCUT2D eigenvalue weighted by atomic mass is 16.6. The van der Waals surface area contributed by atoms with Crippen LogP contribution in [0.2, 0.25) is 0 Å². The maximum atomic E-state index is 12.8. The van der Waals surface area contributed by atoms with E-state index in [0.29, 0.717) is 11.8 Å². The zero-order chi connectivity index (χ0) is 16.7. The highest BCUT2D eigenvalue weighted by Crippen LogP contribution is 2.72. The molecule has 1 heterocycles. The lowest BCUT2D eigenvalue weighted by atomic mass is 9.39. The third-order valence-electron chi connectivity index (χ3n) is 7.73. The average Bonchev–Trinajstić information content (AvgIpc) is 2.46. The molecule has 128 valence electrons. The molecule has 1 aliphatic heterocycles. The largest absolute Gasteiger partial charge is 0.454 e. The molecule has 0 bridgehead atoms. The summed E-state index contributed by atoms with van der Waals surface area (Å²) in [5.74, 6) is 0.762. The van der Waals surface area contributed by atoms with Crippen molar-refractivity contribution in [2.75, 3.05) is 0 Å². The lowest BCUT2D eigenvalue weighted by Crippen LogP contribution is -2.82. The van der Waals surface area contributed by atoms with Crippen LogP contribution in [0.4, 0.5) is 0 Å². The molecular weight excluding hydrogens is 288 g/mol. The fourth-order valence-electron chi connectivity index (χ4n) is 6.54. The van der Waals surface area contributed by atoms with Crippen molar-refractivity contribution >= 4 is 5.97 Å². The Kier molecular flexibility index (Phi) is 3.01. The van der Waals surface area contributed by atoms with Crippen LogP contribution in [0.1, 0.15) is 72.6 Å². The summed E-state index contributed by atoms with van der Waals surface area (Å²) in [6.07, 6.45) is 8.62. The van der Waals surface area contributed by atoms with Crippen molar-refractivity contribution in [2.45, 2.75) is 83.8 Å². The second-order valence-electron chi connectivity index (χ2n) is 9.42. The van der Waals surface area contributed by atoms with Crippen LogP contribution >= 0.6 is 0 Å². The molecule has 2 saturated carbocycles. The van der Waals surface area contributed by atoms with Gasteiger partial charge >= 0.3 is 5.97 Å². The van der Waals surface area contributed by atoms with Gasteiger partial charge in [-0.15, -0.1) is 0 Å². The molecule has 1 N–H and O–H groups in total. The number of esters is 1. The number of carbonyl (C=O) groups excluding carboxylic acids is 1. The van der Waals surface area contributed by atoms with Gasteiger partial charge in [0.1, 0.15) is 11.0 Å². The minimum Gasteiger partial charge on any atom is -0.454 e. The van der Waals surface area contributed by atoms with E-state index in [2.05, 4.69) is 33.8 Å². The third kappa shape index (κ3) is 1.63. The van der Waals surface area contributed by atoms with Gasteiger partial charge in [0.25, 0.3) is 0 Å². The number of aliphatic hydroxyl groups is 1. The fourth-order valence-corrected chi connectivity index (χ4v) is 6.54. The summed E-state index contributed by atoms with van der Waals surface area (Å²) in [5.41, 5.74) is -0.571. The number of carbonyl (C=O) groups is 1. The molecule has 3 fully saturated rings. The summed E-state index contributed by atoms with van der Waals surface area (Å²) in [5, 5.41) is 11.6. The first-order valence-corrected chi connectivity index (χ1v) is 9.36. The van der Waals surface area contributed by atoms with Crippen LogP contribution in [0.15, 0.2) is 11.6 Å². The van der Waals surface area contributed by atoms with Gasteiger partial charge in [-0.2, -0.15) is 0 Å². The maximum absolute atomic E-state index is 12.8. The summed E-state index contributed by atoms with van der Waals surface area (Å²) in [4.78, 5) is 12.8. The quantitative estimate of drug-likeness (QED) is 0.587. The minimum absolute atomic E-state index is 0.0326. The molecule has 4 rings (SSSR count). The zero-order valence-electron chi connectivity index (χ0n) is 14.9. The second kappa shape index (κ2) is 4.41. The van der Waals surface area contributed by atoms with Crippen molar-refractivity contribution in [3.05, 3.63) is 11.6 Å². The Bertz CT molecular complexity index is 590. The number of hydrogen-bond donors (Lipinski definition) is 1. The maximum Gasteiger partial charge on any atom is 0.317 e. The van der Waals surface area contributed by atoms with E-state index in [1.165, 1.54) is 12.0 Å². The van der Waals surface area contributed by atoms with Crippen LogP contribution in [0.5, 0.6) is 0 Å². The van der Waals surface area contributed by atoms with Crippen molar-refractivity contribution in [1.82, 2.24) is 0 Å². The molecule has 3 heteroatoms. The summed E-state index contributed by atoms with van der Waals surface area (Å²) < 4.78 is 5.89. The summed E-state index contributed by atoms with van der Waals surface area (Å²) >= 11 is 0. The van der Waals surface area contributed by atoms with Crippen molar-refractivity contribution in [2.24, 2.45) is 22.7 Å². The Morgan fingerprint density at radius 1 is 1.22 bits per heavy atom. The van der Waals surface area contributed by atoms with E-state index in [-0.39, 0.29) is 11.4 Å². The molecule has 2 unspecified atom stereocenters. The Labute approximate surface area is 139 Å². The lowest BCUT2D eigenvalue weighted by Gasteiger charge is -2.72. The van der Waals surface area contributed by atoms with Gasteiger partial charge in [-0.05, 0) is 61.9 Å². The van der Waals surface area contributed by atoms with Crippen molar-refractivity contribution in [3.8, 4) is 0 Å². The zero-order valence-corrected chi connectivity index (χ0v) is 14.9. The molecule has 0 aromatic carbocycles. The van der Waals surface area contributed by atoms with E-state index in [9.17, 15) is 9.90 Å². The normalized spacial score (nSPS) is 47.7. The summed E-state index contributed by atoms with van der Waals surface area (Å²) in [6.45, 7) is 8.98. The van der Waals surface area contributed by atoms with Gasteiger partial charge in [0.05, 0.1) is 0 Å². The Balaban J connectivity index is 1.84. The summed E-state index contributed by atoms with van der Waals surface area (Å²) in [7, 11) is 0. The van der Waals surface area contributed by atoms with E-state index >= 15 is 0 Å². The molecule has 2 spiro atoms. The topological polar surface area (TPSA) is 46.5 Å². The molecule has 0 radical (unpaired) electrons. The highest BCUT2D eigenvalue weighted by molar-refractivity contribution is 5.87. The van der Waals surface area contributed by atoms with Crippen molar-refractivity contribution in [3.63, 3.8) is 0 Å². The summed E-state index contributed by atoms with van der Waals surface area (Å²) in [6, 6.07) is 0. The van der Waals surface area contributed by atoms with Gasteiger partial charge in [-0.25, -0.2) is 0 Å². The van der Waals surface area contributed by atoms with Crippen molar-refractivity contribution in [1.29, 1.82) is 0 Å². The first kappa shape index (κ1) is 15.7. The molecule has 1 saturated heterocycles. The van der Waals surface area contributed by atoms with Crippen LogP contribution in [-0.4, -0.2) is 22.3 Å². The van der Waals surface area contributed by atoms with Crippen molar-refractivity contribution < 1.29 is 14.6 Å². The average molecular weight is 318 g/mol. The Morgan fingerprint density at radius 3 is 2.61 bits per heavy atom. The minimum atomic E-state index is -0.956. The smallest absolute Gasteiger partial charge is 0.317 e. The number of rotatable bonds is 1. The molecule has 0 aromatic heterocycles. The van der Waals surface area contributed by atoms with Gasteiger partial charge in [-0.1, -0.05) is 39.7 Å². The Morgan fingerprint density at radius 2 is 1.96 bits per heavy atom. The predicted octanol–water partition coefficient (Wildman–Crippen LogP) is 4.00. The first-order valence-electron chi connectivity index (χ1n) is 9.36. The van der Waals surface area contributed by atoms with E-state index in [0.717, 1.165) is 38.5 Å². The van der Waals surface area contributed by atoms with E-state index in [1.54, 1.807) is 0 Å². The van der Waals surface area contributed by atoms with E-state index in [1.807, 2.05) is 0 Å². The van der Waals surface area contributed by atoms with E-state index < -0.39 is 16.6 Å². The standard InChI is InChI=1S/C20H30O3/c1-13(2)14-6-11-20-18(22,12-14)10-7-15-17(3,4)8-5-9-19(15,20)16(21)23-20/h12-13,15,22H,5-11H2,1-4H3/t15-,18+,19?,20?/m0/s1. The molecule has 3 nitrogen and oxygen atoms in total. The molecule has 3 aliphatic carbocycles. The Hall–Kier alpha value is -0.830. The van der Waals surface area contributed by atoms with Crippen LogP contribution in [0.25, 0.3) is 0 Å². The molecular formula is C20H30O3. The predicted molar refractivity (Wildman–Crippen MR) is 88.7 cm³/mol. The SMILES string of the molecule is CC(C)C1=C[C@]2(O)CC[C@H]3C(C)(C)CCCC34C(=O)OC42CC1. The first-order chi connectivity index (χ1) is 10.7. The molecule has 4 atom stereocenters. The van der Waals surface area contributed by atoms with Gasteiger partial charge in [0, 0.05) is 0 Å². The molecule has 0 amide bonds. The fraction of sp³-hybridized carbons (Fsp3) is 0.850. The highest BCUT2D eigenvalue weighted by Gasteiger charge is 2.82. The number of hydrogen-bond acceptors (Lipinski definition) is 3. The second-order valence-corrected chi connectivity index (χ2v) is 9.42. The molecule has 0 aromatic rings. The van der Waals surface area contributed by atoms with Gasteiger partial charge < -0.3 is 9.84 Å². The molecule has 4 aliphatic rings. The van der Waals surface area contributed by atoms with Crippen LogP contribution < -0.4 is 0 Å². The van der Waals surface area contributed by atoms with Crippen LogP contribution in [0, 0.1) is 22.7 Å². The number of ether oxygens (including phenoxy) is 1. The third-order valence-corrected chi connectivity index (χ3v) is 7.73. The molecule has 23 heavy (non-hydrogen) atoms. The number of allylic oxidation sites excluding steroid dienone is 1. The van der Waals surface area contributed by atoms with E-state index in [4.69, 9.17) is 4.74 Å².